The molecule has 1 aromatic heterocycles. The van der Waals surface area contributed by atoms with Crippen molar-refractivity contribution in [3.05, 3.63) is 26.4 Å². The molecule has 0 unspecified atom stereocenters. The van der Waals surface area contributed by atoms with Crippen molar-refractivity contribution in [2.24, 2.45) is 0 Å². The minimum atomic E-state index is -0.206. The molecule has 1 rings (SSSR count). The van der Waals surface area contributed by atoms with E-state index in [1.165, 1.54) is 11.3 Å². The predicted molar refractivity (Wildman–Crippen MR) is 73.5 cm³/mol. The van der Waals surface area contributed by atoms with Gasteiger partial charge in [-0.2, -0.15) is 5.26 Å². The highest BCUT2D eigenvalue weighted by Gasteiger charge is 2.15. The number of nitriles is 1. The van der Waals surface area contributed by atoms with Crippen LogP contribution in [0.4, 0.5) is 0 Å². The van der Waals surface area contributed by atoms with Gasteiger partial charge in [0, 0.05) is 27.8 Å². The molecule has 17 heavy (non-hydrogen) atoms. The highest BCUT2D eigenvalue weighted by atomic mass is 79.9. The summed E-state index contributed by atoms with van der Waals surface area (Å²) >= 11 is 4.83. The molecule has 1 heterocycles. The smallest absolute Gasteiger partial charge is 0.264 e. The van der Waals surface area contributed by atoms with Gasteiger partial charge in [-0.1, -0.05) is 0 Å². The molecule has 0 fully saturated rings. The summed E-state index contributed by atoms with van der Waals surface area (Å²) < 4.78 is 0.960. The van der Waals surface area contributed by atoms with Crippen LogP contribution < -0.4 is 0 Å². The first-order valence-corrected chi connectivity index (χ1v) is 6.94. The third-order valence-corrected chi connectivity index (χ3v) is 3.92. The molecule has 3 nitrogen and oxygen atoms in total. The van der Waals surface area contributed by atoms with Gasteiger partial charge in [0.05, 0.1) is 0 Å². The Morgan fingerprint density at radius 2 is 2.24 bits per heavy atom. The van der Waals surface area contributed by atoms with Crippen molar-refractivity contribution in [1.82, 2.24) is 4.90 Å². The van der Waals surface area contributed by atoms with E-state index in [4.69, 9.17) is 5.26 Å². The maximum atomic E-state index is 12.0. The van der Waals surface area contributed by atoms with Gasteiger partial charge in [0.15, 0.2) is 0 Å². The lowest BCUT2D eigenvalue weighted by molar-refractivity contribution is -0.126. The molecular weight excluding hydrogens is 300 g/mol. The quantitative estimate of drug-likeness (QED) is 0.632. The van der Waals surface area contributed by atoms with Gasteiger partial charge in [0.25, 0.3) is 5.91 Å². The fourth-order valence-corrected chi connectivity index (χ4v) is 2.75. The maximum Gasteiger partial charge on any atom is 0.264 e. The summed E-state index contributed by atoms with van der Waals surface area (Å²) in [7, 11) is 0. The summed E-state index contributed by atoms with van der Waals surface area (Å²) in [6, 6.07) is 3.86. The van der Waals surface area contributed by atoms with Gasteiger partial charge in [-0.25, -0.2) is 0 Å². The van der Waals surface area contributed by atoms with Crippen molar-refractivity contribution in [2.75, 3.05) is 13.1 Å². The number of hydrogen-bond acceptors (Lipinski definition) is 3. The molecular formula is C12H13BrN2OS. The van der Waals surface area contributed by atoms with E-state index in [9.17, 15) is 4.79 Å². The molecule has 0 atom stereocenters. The van der Waals surface area contributed by atoms with E-state index in [0.717, 1.165) is 9.35 Å². The molecule has 0 bridgehead atoms. The second-order valence-corrected chi connectivity index (χ2v) is 5.17. The first kappa shape index (κ1) is 13.9. The van der Waals surface area contributed by atoms with Crippen molar-refractivity contribution in [1.29, 1.82) is 5.26 Å². The van der Waals surface area contributed by atoms with Crippen LogP contribution in [0.3, 0.4) is 0 Å². The first-order chi connectivity index (χ1) is 8.12. The molecule has 0 saturated heterocycles. The molecule has 0 saturated carbocycles. The van der Waals surface area contributed by atoms with Crippen molar-refractivity contribution < 1.29 is 4.79 Å². The normalized spacial score (nSPS) is 11.1. The van der Waals surface area contributed by atoms with Crippen molar-refractivity contribution >= 4 is 39.2 Å². The maximum absolute atomic E-state index is 12.0. The zero-order valence-electron chi connectivity index (χ0n) is 9.74. The average Bonchev–Trinajstić information content (AvgIpc) is 2.73. The predicted octanol–water partition coefficient (Wildman–Crippen LogP) is 3.29. The second-order valence-electron chi connectivity index (χ2n) is 3.31. The number of carbonyl (C=O) groups is 1. The largest absolute Gasteiger partial charge is 0.339 e. The van der Waals surface area contributed by atoms with Crippen LogP contribution >= 0.6 is 27.3 Å². The molecule has 1 aromatic rings. The van der Waals surface area contributed by atoms with E-state index in [1.54, 1.807) is 11.0 Å². The monoisotopic (exact) mass is 312 g/mol. The van der Waals surface area contributed by atoms with Crippen LogP contribution in [0, 0.1) is 11.3 Å². The van der Waals surface area contributed by atoms with E-state index in [1.807, 2.05) is 31.4 Å². The Hall–Kier alpha value is -1.12. The van der Waals surface area contributed by atoms with Gasteiger partial charge in [-0.15, -0.1) is 11.3 Å². The van der Waals surface area contributed by atoms with Crippen LogP contribution in [0.25, 0.3) is 6.08 Å². The molecule has 0 aliphatic rings. The van der Waals surface area contributed by atoms with Gasteiger partial charge >= 0.3 is 0 Å². The van der Waals surface area contributed by atoms with Crippen molar-refractivity contribution in [2.45, 2.75) is 13.8 Å². The van der Waals surface area contributed by atoms with E-state index in [-0.39, 0.29) is 11.5 Å². The number of halogens is 1. The molecule has 0 aliphatic heterocycles. The molecule has 0 N–H and O–H groups in total. The van der Waals surface area contributed by atoms with Gasteiger partial charge < -0.3 is 4.90 Å². The molecule has 0 aromatic carbocycles. The number of nitrogens with zero attached hydrogens (tertiary/aromatic N) is 2. The van der Waals surface area contributed by atoms with E-state index in [2.05, 4.69) is 15.9 Å². The van der Waals surface area contributed by atoms with Crippen LogP contribution in [0.15, 0.2) is 21.5 Å². The summed E-state index contributed by atoms with van der Waals surface area (Å²) in [6.45, 7) is 5.03. The molecule has 0 spiro atoms. The van der Waals surface area contributed by atoms with Gasteiger partial charge in [-0.3, -0.25) is 4.79 Å². The summed E-state index contributed by atoms with van der Waals surface area (Å²) in [6.07, 6.45) is 1.64. The molecule has 0 aliphatic carbocycles. The third-order valence-electron chi connectivity index (χ3n) is 2.28. The first-order valence-electron chi connectivity index (χ1n) is 5.27. The van der Waals surface area contributed by atoms with Crippen LogP contribution in [0.2, 0.25) is 0 Å². The molecule has 90 valence electrons. The molecule has 5 heteroatoms. The fourth-order valence-electron chi connectivity index (χ4n) is 1.37. The van der Waals surface area contributed by atoms with Crippen molar-refractivity contribution in [3.8, 4) is 6.07 Å². The summed E-state index contributed by atoms with van der Waals surface area (Å²) in [5.74, 6) is -0.206. The fraction of sp³-hybridized carbons (Fsp3) is 0.333. The zero-order chi connectivity index (χ0) is 12.8. The lowest BCUT2D eigenvalue weighted by atomic mass is 10.2. The highest BCUT2D eigenvalue weighted by Crippen LogP contribution is 2.22. The number of thiophene rings is 1. The summed E-state index contributed by atoms with van der Waals surface area (Å²) in [5.41, 5.74) is 0.183. The van der Waals surface area contributed by atoms with Crippen LogP contribution in [-0.4, -0.2) is 23.9 Å². The third kappa shape index (κ3) is 3.69. The van der Waals surface area contributed by atoms with E-state index >= 15 is 0 Å². The summed E-state index contributed by atoms with van der Waals surface area (Å²) in [4.78, 5) is 14.5. The zero-order valence-corrected chi connectivity index (χ0v) is 12.1. The Labute approximate surface area is 113 Å². The van der Waals surface area contributed by atoms with Crippen LogP contribution in [0.5, 0.6) is 0 Å². The Bertz CT molecular complexity index is 469. The van der Waals surface area contributed by atoms with Gasteiger partial charge in [0.2, 0.25) is 0 Å². The van der Waals surface area contributed by atoms with E-state index in [0.29, 0.717) is 13.1 Å². The summed E-state index contributed by atoms with van der Waals surface area (Å²) in [5, 5.41) is 11.0. The SMILES string of the molecule is CCN(CC)C(=O)/C(C#N)=C\c1cc(Br)cs1. The number of hydrogen-bond donors (Lipinski definition) is 0. The standard InChI is InChI=1S/C12H13BrN2OS/c1-3-15(4-2)12(16)9(7-14)5-11-6-10(13)8-17-11/h5-6,8H,3-4H2,1-2H3/b9-5-. The van der Waals surface area contributed by atoms with Crippen LogP contribution in [-0.2, 0) is 4.79 Å². The molecule has 1 amide bonds. The Morgan fingerprint density at radius 3 is 2.65 bits per heavy atom. The lowest BCUT2D eigenvalue weighted by Crippen LogP contribution is -2.31. The average molecular weight is 313 g/mol. The minimum absolute atomic E-state index is 0.183. The van der Waals surface area contributed by atoms with Gasteiger partial charge in [-0.05, 0) is 41.9 Å². The Kier molecular flexibility index (Phi) is 5.39. The van der Waals surface area contributed by atoms with Gasteiger partial charge in [0.1, 0.15) is 11.6 Å². The number of rotatable bonds is 4. The van der Waals surface area contributed by atoms with Crippen molar-refractivity contribution in [3.63, 3.8) is 0 Å². The topological polar surface area (TPSA) is 44.1 Å². The minimum Gasteiger partial charge on any atom is -0.339 e. The number of amides is 1. The second kappa shape index (κ2) is 6.58. The lowest BCUT2D eigenvalue weighted by Gasteiger charge is -2.17. The highest BCUT2D eigenvalue weighted by molar-refractivity contribution is 9.10. The van der Waals surface area contributed by atoms with Crippen LogP contribution in [0.1, 0.15) is 18.7 Å². The Balaban J connectivity index is 2.96. The number of carbonyl (C=O) groups excluding carboxylic acids is 1. The number of likely N-dealkylation sites (N-methyl/N-ethyl adjacent to an activating group) is 1. The van der Waals surface area contributed by atoms with E-state index < -0.39 is 0 Å². The molecule has 0 radical (unpaired) electrons. The Morgan fingerprint density at radius 1 is 1.59 bits per heavy atom.